The molecule has 16 heavy (non-hydrogen) atoms. The van der Waals surface area contributed by atoms with E-state index in [0.29, 0.717) is 5.15 Å². The van der Waals surface area contributed by atoms with Crippen LogP contribution in [0.4, 0.5) is 5.82 Å². The molecule has 1 fully saturated rings. The van der Waals surface area contributed by atoms with Gasteiger partial charge in [-0.25, -0.2) is 9.97 Å². The molecule has 0 unspecified atom stereocenters. The summed E-state index contributed by atoms with van der Waals surface area (Å²) >= 11 is 6.19. The zero-order valence-corrected chi connectivity index (χ0v) is 11.1. The molecule has 0 aliphatic carbocycles. The Labute approximate surface area is 102 Å². The number of nitrogens with zero attached hydrogens (tertiary/aromatic N) is 3. The molecule has 1 aromatic heterocycles. The summed E-state index contributed by atoms with van der Waals surface area (Å²) in [5.74, 6) is 0.840. The van der Waals surface area contributed by atoms with Crippen LogP contribution in [0.1, 0.15) is 38.1 Å². The van der Waals surface area contributed by atoms with Crippen molar-refractivity contribution < 1.29 is 0 Å². The van der Waals surface area contributed by atoms with Gasteiger partial charge < -0.3 is 4.90 Å². The lowest BCUT2D eigenvalue weighted by atomic mass is 10.0. The van der Waals surface area contributed by atoms with Crippen LogP contribution in [0.5, 0.6) is 0 Å². The average molecular weight is 240 g/mol. The largest absolute Gasteiger partial charge is 0.349 e. The molecule has 2 heterocycles. The Morgan fingerprint density at radius 1 is 1.19 bits per heavy atom. The first-order valence-corrected chi connectivity index (χ1v) is 6.08. The summed E-state index contributed by atoms with van der Waals surface area (Å²) in [6.07, 6.45) is 2.37. The average Bonchev–Trinajstić information content (AvgIpc) is 2.52. The monoisotopic (exact) mass is 239 g/mol. The quantitative estimate of drug-likeness (QED) is 0.754. The molecule has 0 saturated carbocycles. The van der Waals surface area contributed by atoms with Crippen LogP contribution in [0.2, 0.25) is 5.15 Å². The fraction of sp³-hybridized carbons (Fsp3) is 0.667. The van der Waals surface area contributed by atoms with Crippen molar-refractivity contribution in [1.29, 1.82) is 0 Å². The molecule has 0 bridgehead atoms. The second-order valence-electron chi connectivity index (χ2n) is 5.08. The van der Waals surface area contributed by atoms with Gasteiger partial charge in [-0.2, -0.15) is 0 Å². The minimum absolute atomic E-state index is 0.139. The molecular formula is C12H18ClN3. The van der Waals surface area contributed by atoms with E-state index >= 15 is 0 Å². The maximum absolute atomic E-state index is 6.19. The van der Waals surface area contributed by atoms with E-state index in [-0.39, 0.29) is 5.54 Å². The first-order chi connectivity index (χ1) is 7.42. The van der Waals surface area contributed by atoms with Crippen LogP contribution in [0.25, 0.3) is 0 Å². The fourth-order valence-electron chi connectivity index (χ4n) is 2.24. The molecule has 88 valence electrons. The van der Waals surface area contributed by atoms with Crippen molar-refractivity contribution in [3.8, 4) is 0 Å². The van der Waals surface area contributed by atoms with Gasteiger partial charge in [0.1, 0.15) is 0 Å². The minimum atomic E-state index is 0.139. The SMILES string of the molecule is Cc1nc(Cl)c(N2CCCC2(C)C)nc1C. The van der Waals surface area contributed by atoms with Gasteiger partial charge in [-0.3, -0.25) is 0 Å². The van der Waals surface area contributed by atoms with Gasteiger partial charge in [0.05, 0.1) is 11.4 Å². The summed E-state index contributed by atoms with van der Waals surface area (Å²) < 4.78 is 0. The van der Waals surface area contributed by atoms with Crippen LogP contribution >= 0.6 is 11.6 Å². The highest BCUT2D eigenvalue weighted by molar-refractivity contribution is 6.31. The van der Waals surface area contributed by atoms with Gasteiger partial charge in [0.15, 0.2) is 11.0 Å². The van der Waals surface area contributed by atoms with Crippen LogP contribution in [0.15, 0.2) is 0 Å². The zero-order valence-electron chi connectivity index (χ0n) is 10.3. The number of anilines is 1. The predicted molar refractivity (Wildman–Crippen MR) is 67.2 cm³/mol. The predicted octanol–water partition coefficient (Wildman–Crippen LogP) is 3.13. The van der Waals surface area contributed by atoms with Crippen molar-refractivity contribution in [2.75, 3.05) is 11.4 Å². The fourth-order valence-corrected chi connectivity index (χ4v) is 2.51. The van der Waals surface area contributed by atoms with Gasteiger partial charge in [0.25, 0.3) is 0 Å². The Morgan fingerprint density at radius 3 is 2.38 bits per heavy atom. The van der Waals surface area contributed by atoms with Crippen LogP contribution < -0.4 is 4.90 Å². The molecule has 0 amide bonds. The number of rotatable bonds is 1. The minimum Gasteiger partial charge on any atom is -0.349 e. The van der Waals surface area contributed by atoms with Crippen molar-refractivity contribution in [1.82, 2.24) is 9.97 Å². The number of aromatic nitrogens is 2. The molecule has 1 saturated heterocycles. The first kappa shape index (κ1) is 11.6. The standard InChI is InChI=1S/C12H18ClN3/c1-8-9(2)15-11(10(13)14-8)16-7-5-6-12(16,3)4/h5-7H2,1-4H3. The van der Waals surface area contributed by atoms with Crippen molar-refractivity contribution in [2.45, 2.75) is 46.1 Å². The Bertz CT molecular complexity index is 415. The number of halogens is 1. The molecule has 3 nitrogen and oxygen atoms in total. The van der Waals surface area contributed by atoms with E-state index in [1.807, 2.05) is 13.8 Å². The van der Waals surface area contributed by atoms with E-state index in [0.717, 1.165) is 23.8 Å². The molecular weight excluding hydrogens is 222 g/mol. The third-order valence-corrected chi connectivity index (χ3v) is 3.66. The lowest BCUT2D eigenvalue weighted by molar-refractivity contribution is 0.513. The number of hydrogen-bond acceptors (Lipinski definition) is 3. The summed E-state index contributed by atoms with van der Waals surface area (Å²) in [7, 11) is 0. The Balaban J connectivity index is 2.44. The molecule has 1 aromatic rings. The van der Waals surface area contributed by atoms with Crippen LogP contribution in [0, 0.1) is 13.8 Å². The van der Waals surface area contributed by atoms with Crippen molar-refractivity contribution in [3.63, 3.8) is 0 Å². The summed E-state index contributed by atoms with van der Waals surface area (Å²) in [4.78, 5) is 11.2. The van der Waals surface area contributed by atoms with Gasteiger partial charge in [-0.05, 0) is 40.5 Å². The van der Waals surface area contributed by atoms with Gasteiger partial charge >= 0.3 is 0 Å². The van der Waals surface area contributed by atoms with E-state index in [1.54, 1.807) is 0 Å². The third-order valence-electron chi connectivity index (χ3n) is 3.40. The highest BCUT2D eigenvalue weighted by atomic mass is 35.5. The molecule has 0 radical (unpaired) electrons. The van der Waals surface area contributed by atoms with E-state index in [4.69, 9.17) is 11.6 Å². The second-order valence-corrected chi connectivity index (χ2v) is 5.43. The van der Waals surface area contributed by atoms with Gasteiger partial charge in [0.2, 0.25) is 0 Å². The summed E-state index contributed by atoms with van der Waals surface area (Å²) in [6.45, 7) is 9.39. The Morgan fingerprint density at radius 2 is 1.81 bits per heavy atom. The maximum Gasteiger partial charge on any atom is 0.171 e. The Hall–Kier alpha value is -0.830. The van der Waals surface area contributed by atoms with Crippen LogP contribution in [0.3, 0.4) is 0 Å². The third kappa shape index (κ3) is 1.88. The molecule has 0 spiro atoms. The maximum atomic E-state index is 6.19. The van der Waals surface area contributed by atoms with Gasteiger partial charge in [-0.1, -0.05) is 11.6 Å². The van der Waals surface area contributed by atoms with E-state index in [9.17, 15) is 0 Å². The van der Waals surface area contributed by atoms with E-state index < -0.39 is 0 Å². The molecule has 1 aliphatic heterocycles. The molecule has 0 atom stereocenters. The zero-order chi connectivity index (χ0) is 11.9. The van der Waals surface area contributed by atoms with Gasteiger partial charge in [0, 0.05) is 12.1 Å². The van der Waals surface area contributed by atoms with Crippen molar-refractivity contribution in [2.24, 2.45) is 0 Å². The molecule has 4 heteroatoms. The molecule has 0 aromatic carbocycles. The lowest BCUT2D eigenvalue weighted by Gasteiger charge is -2.33. The van der Waals surface area contributed by atoms with E-state index in [1.165, 1.54) is 12.8 Å². The highest BCUT2D eigenvalue weighted by Crippen LogP contribution is 2.35. The van der Waals surface area contributed by atoms with E-state index in [2.05, 4.69) is 28.7 Å². The number of aryl methyl sites for hydroxylation is 2. The Kier molecular flexibility index (Phi) is 2.82. The lowest BCUT2D eigenvalue weighted by Crippen LogP contribution is -2.39. The smallest absolute Gasteiger partial charge is 0.171 e. The van der Waals surface area contributed by atoms with Crippen LogP contribution in [-0.4, -0.2) is 22.1 Å². The van der Waals surface area contributed by atoms with Crippen molar-refractivity contribution >= 4 is 17.4 Å². The van der Waals surface area contributed by atoms with Crippen LogP contribution in [-0.2, 0) is 0 Å². The van der Waals surface area contributed by atoms with Crippen molar-refractivity contribution in [3.05, 3.63) is 16.5 Å². The molecule has 2 rings (SSSR count). The topological polar surface area (TPSA) is 29.0 Å². The normalized spacial score (nSPS) is 19.2. The van der Waals surface area contributed by atoms with Gasteiger partial charge in [-0.15, -0.1) is 0 Å². The molecule has 1 aliphatic rings. The second kappa shape index (κ2) is 3.88. The summed E-state index contributed by atoms with van der Waals surface area (Å²) in [5, 5.41) is 0.526. The number of hydrogen-bond donors (Lipinski definition) is 0. The summed E-state index contributed by atoms with van der Waals surface area (Å²) in [6, 6.07) is 0. The highest BCUT2D eigenvalue weighted by Gasteiger charge is 2.34. The molecule has 0 N–H and O–H groups in total. The summed E-state index contributed by atoms with van der Waals surface area (Å²) in [5.41, 5.74) is 2.01. The first-order valence-electron chi connectivity index (χ1n) is 5.70.